The smallest absolute Gasteiger partial charge is 0.255 e. The van der Waals surface area contributed by atoms with E-state index in [0.717, 1.165) is 11.0 Å². The minimum atomic E-state index is -1.65. The lowest BCUT2D eigenvalue weighted by atomic mass is 10.1. The molecule has 2 unspecified atom stereocenters. The first-order valence-corrected chi connectivity index (χ1v) is 11.4. The van der Waals surface area contributed by atoms with Gasteiger partial charge in [0, 0.05) is 16.5 Å². The molecule has 6 nitrogen and oxygen atoms in total. The number of halogens is 1. The Morgan fingerprint density at radius 2 is 1.90 bits per heavy atom. The highest BCUT2D eigenvalue weighted by Gasteiger charge is 2.24. The number of amides is 2. The number of carbonyl (C=O) groups excluding carboxylic acids is 2. The lowest BCUT2D eigenvalue weighted by Crippen LogP contribution is -2.26. The van der Waals surface area contributed by atoms with Crippen molar-refractivity contribution in [3.63, 3.8) is 0 Å². The average Bonchev–Trinajstić information content (AvgIpc) is 2.76. The van der Waals surface area contributed by atoms with Gasteiger partial charge in [0.1, 0.15) is 11.4 Å². The third-order valence-electron chi connectivity index (χ3n) is 4.56. The summed E-state index contributed by atoms with van der Waals surface area (Å²) in [6, 6.07) is 17.8. The van der Waals surface area contributed by atoms with Crippen LogP contribution < -0.4 is 15.4 Å². The molecule has 9 heteroatoms. The second kappa shape index (κ2) is 9.01. The molecule has 1 aliphatic rings. The zero-order chi connectivity index (χ0) is 22.0. The van der Waals surface area contributed by atoms with Crippen LogP contribution >= 0.6 is 11.8 Å². The van der Waals surface area contributed by atoms with E-state index >= 15 is 0 Å². The van der Waals surface area contributed by atoms with Crippen LogP contribution in [0, 0.1) is 5.82 Å². The van der Waals surface area contributed by atoms with Crippen LogP contribution in [0.2, 0.25) is 0 Å². The van der Waals surface area contributed by atoms with Crippen molar-refractivity contribution < 1.29 is 18.5 Å². The average molecular weight is 456 g/mol. The summed E-state index contributed by atoms with van der Waals surface area (Å²) in [5, 5.41) is 5.07. The monoisotopic (exact) mass is 455 g/mol. The molecule has 3 aromatic rings. The molecule has 0 radical (unpaired) electrons. The van der Waals surface area contributed by atoms with Gasteiger partial charge in [0.05, 0.1) is 22.3 Å². The van der Waals surface area contributed by atoms with E-state index in [1.807, 2.05) is 6.07 Å². The first-order valence-electron chi connectivity index (χ1n) is 9.36. The van der Waals surface area contributed by atoms with Crippen LogP contribution in [0.5, 0.6) is 0 Å². The number of nitrogens with one attached hydrogen (secondary N) is 3. The fourth-order valence-electron chi connectivity index (χ4n) is 2.93. The first-order chi connectivity index (χ1) is 14.9. The molecule has 0 aromatic heterocycles. The number of anilines is 3. The van der Waals surface area contributed by atoms with Crippen LogP contribution in [0.3, 0.4) is 0 Å². The predicted molar refractivity (Wildman–Crippen MR) is 121 cm³/mol. The van der Waals surface area contributed by atoms with E-state index in [9.17, 15) is 18.5 Å². The number of carbonyl (C=O) groups is 2. The maximum absolute atomic E-state index is 14.6. The van der Waals surface area contributed by atoms with Crippen molar-refractivity contribution in [1.82, 2.24) is 0 Å². The lowest BCUT2D eigenvalue weighted by molar-refractivity contribution is -0.115. The van der Waals surface area contributed by atoms with E-state index in [-0.39, 0.29) is 27.3 Å². The summed E-state index contributed by atoms with van der Waals surface area (Å²) in [5.41, 5.74) is 1.45. The number of hydrogen-bond donors (Lipinski definition) is 3. The Hall–Kier alpha value is -3.01. The summed E-state index contributed by atoms with van der Waals surface area (Å²) in [6.07, 6.45) is 0. The normalized spacial score (nSPS) is 16.1. The molecule has 158 valence electrons. The number of rotatable bonds is 5. The van der Waals surface area contributed by atoms with Crippen molar-refractivity contribution in [2.45, 2.75) is 22.0 Å². The summed E-state index contributed by atoms with van der Waals surface area (Å²) in [6.45, 7) is 1.80. The fraction of sp³-hybridized carbons (Fsp3) is 0.0909. The van der Waals surface area contributed by atoms with Gasteiger partial charge in [-0.05, 0) is 49.4 Å². The SMILES string of the molecule is CC1Sc2ccc(C(=O)Nc3ccc([S+]([O-])Nc4ccccc4)cc3F)cc2NC1=O. The molecule has 31 heavy (non-hydrogen) atoms. The Labute approximate surface area is 185 Å². The zero-order valence-electron chi connectivity index (χ0n) is 16.3. The van der Waals surface area contributed by atoms with E-state index in [4.69, 9.17) is 0 Å². The van der Waals surface area contributed by atoms with E-state index in [2.05, 4.69) is 15.4 Å². The van der Waals surface area contributed by atoms with E-state index in [1.54, 1.807) is 49.4 Å². The van der Waals surface area contributed by atoms with Crippen molar-refractivity contribution in [3.8, 4) is 0 Å². The molecule has 0 bridgehead atoms. The molecule has 2 atom stereocenters. The maximum Gasteiger partial charge on any atom is 0.255 e. The van der Waals surface area contributed by atoms with Gasteiger partial charge in [-0.1, -0.05) is 18.2 Å². The molecule has 0 saturated carbocycles. The van der Waals surface area contributed by atoms with Gasteiger partial charge >= 0.3 is 0 Å². The predicted octanol–water partition coefficient (Wildman–Crippen LogP) is 4.65. The van der Waals surface area contributed by atoms with Gasteiger partial charge < -0.3 is 15.2 Å². The number of fused-ring (bicyclic) bond motifs is 1. The van der Waals surface area contributed by atoms with Gasteiger partial charge in [-0.2, -0.15) is 0 Å². The standard InChI is InChI=1S/C22H18FN3O3S2/c1-13-21(27)25-19-11-14(7-10-20(19)30-13)22(28)24-18-9-8-16(12-17(18)23)31(29)26-15-5-3-2-4-6-15/h2-13,26H,1H3,(H,24,28)(H,25,27). The highest BCUT2D eigenvalue weighted by molar-refractivity contribution is 8.01. The Balaban J connectivity index is 1.46. The second-order valence-corrected chi connectivity index (χ2v) is 9.39. The van der Waals surface area contributed by atoms with Gasteiger partial charge in [-0.15, -0.1) is 11.8 Å². The third kappa shape index (κ3) is 4.84. The molecule has 4 rings (SSSR count). The summed E-state index contributed by atoms with van der Waals surface area (Å²) in [7, 11) is 0. The number of benzene rings is 3. The van der Waals surface area contributed by atoms with Crippen molar-refractivity contribution >= 4 is 52.0 Å². The van der Waals surface area contributed by atoms with Crippen molar-refractivity contribution in [3.05, 3.63) is 78.1 Å². The second-order valence-electron chi connectivity index (χ2n) is 6.79. The zero-order valence-corrected chi connectivity index (χ0v) is 18.0. The minimum absolute atomic E-state index is 0.0322. The Morgan fingerprint density at radius 3 is 2.65 bits per heavy atom. The Kier molecular flexibility index (Phi) is 6.17. The van der Waals surface area contributed by atoms with Crippen molar-refractivity contribution in [1.29, 1.82) is 0 Å². The van der Waals surface area contributed by atoms with E-state index in [1.165, 1.54) is 23.9 Å². The van der Waals surface area contributed by atoms with Gasteiger partial charge in [-0.3, -0.25) is 9.59 Å². The number of para-hydroxylation sites is 1. The van der Waals surface area contributed by atoms with Crippen molar-refractivity contribution in [2.75, 3.05) is 15.4 Å². The van der Waals surface area contributed by atoms with Crippen LogP contribution in [-0.2, 0) is 16.2 Å². The first kappa shape index (κ1) is 21.2. The van der Waals surface area contributed by atoms with Crippen molar-refractivity contribution in [2.24, 2.45) is 0 Å². The molecule has 1 aliphatic heterocycles. The summed E-state index contributed by atoms with van der Waals surface area (Å²) in [4.78, 5) is 25.6. The van der Waals surface area contributed by atoms with Crippen LogP contribution in [0.25, 0.3) is 0 Å². The van der Waals surface area contributed by atoms with Gasteiger partial charge in [0.15, 0.2) is 10.7 Å². The van der Waals surface area contributed by atoms with Gasteiger partial charge in [0.25, 0.3) is 5.91 Å². The molecular weight excluding hydrogens is 437 g/mol. The Morgan fingerprint density at radius 1 is 1.13 bits per heavy atom. The molecule has 0 saturated heterocycles. The molecule has 0 spiro atoms. The summed E-state index contributed by atoms with van der Waals surface area (Å²) in [5.74, 6) is -1.35. The molecular formula is C22H18FN3O3S2. The fourth-order valence-corrected chi connectivity index (χ4v) is 4.73. The van der Waals surface area contributed by atoms with Gasteiger partial charge in [0.2, 0.25) is 5.91 Å². The Bertz CT molecular complexity index is 1140. The van der Waals surface area contributed by atoms with Crippen LogP contribution in [0.1, 0.15) is 17.3 Å². The van der Waals surface area contributed by atoms with Crippen LogP contribution in [0.15, 0.2) is 76.5 Å². The molecule has 3 N–H and O–H groups in total. The minimum Gasteiger partial charge on any atom is -0.588 e. The number of thioether (sulfide) groups is 1. The molecule has 0 aliphatic carbocycles. The highest BCUT2D eigenvalue weighted by Crippen LogP contribution is 2.36. The molecule has 0 fully saturated rings. The quantitative estimate of drug-likeness (QED) is 0.487. The molecule has 2 amide bonds. The highest BCUT2D eigenvalue weighted by atomic mass is 32.2. The van der Waals surface area contributed by atoms with Gasteiger partial charge in [-0.25, -0.2) is 9.11 Å². The lowest BCUT2D eigenvalue weighted by Gasteiger charge is -2.21. The summed E-state index contributed by atoms with van der Waals surface area (Å²) >= 11 is -0.242. The van der Waals surface area contributed by atoms with Crippen LogP contribution in [0.4, 0.5) is 21.5 Å². The number of hydrogen-bond acceptors (Lipinski definition) is 5. The topological polar surface area (TPSA) is 93.3 Å². The van der Waals surface area contributed by atoms with E-state index in [0.29, 0.717) is 11.4 Å². The molecule has 3 aromatic carbocycles. The largest absolute Gasteiger partial charge is 0.588 e. The maximum atomic E-state index is 14.6. The van der Waals surface area contributed by atoms with Crippen LogP contribution in [-0.4, -0.2) is 21.6 Å². The summed E-state index contributed by atoms with van der Waals surface area (Å²) < 4.78 is 29.8. The van der Waals surface area contributed by atoms with E-state index < -0.39 is 23.1 Å². The third-order valence-corrected chi connectivity index (χ3v) is 6.84. The molecule has 1 heterocycles.